The van der Waals surface area contributed by atoms with Gasteiger partial charge in [-0.05, 0) is 12.8 Å². The Bertz CT molecular complexity index is 386. The highest BCUT2D eigenvalue weighted by atomic mass is 16.5. The Morgan fingerprint density at radius 2 is 2.00 bits per heavy atom. The number of anilines is 1. The molecular weight excluding hydrogens is 258 g/mol. The Morgan fingerprint density at radius 3 is 2.65 bits per heavy atom. The van der Waals surface area contributed by atoms with Crippen LogP contribution in [0.1, 0.15) is 26.6 Å². The van der Waals surface area contributed by atoms with Gasteiger partial charge in [-0.1, -0.05) is 13.8 Å². The van der Waals surface area contributed by atoms with Crippen LogP contribution in [-0.2, 0) is 16.1 Å². The van der Waals surface area contributed by atoms with Gasteiger partial charge in [-0.25, -0.2) is 4.98 Å². The first-order valence-electron chi connectivity index (χ1n) is 6.99. The Balaban J connectivity index is 2.46. The molecule has 1 aromatic rings. The van der Waals surface area contributed by atoms with Gasteiger partial charge in [0.05, 0.1) is 6.61 Å². The molecule has 0 aliphatic carbocycles. The number of nitrogens with one attached hydrogen (secondary N) is 1. The monoisotopic (exact) mass is 283 g/mol. The quantitative estimate of drug-likeness (QED) is 0.663. The van der Waals surface area contributed by atoms with Gasteiger partial charge in [0.1, 0.15) is 19.0 Å². The summed E-state index contributed by atoms with van der Waals surface area (Å²) >= 11 is 0. The summed E-state index contributed by atoms with van der Waals surface area (Å²) in [5.41, 5.74) is 0. The lowest BCUT2D eigenvalue weighted by Crippen LogP contribution is -2.12. The molecule has 0 fully saturated rings. The molecule has 1 aromatic heterocycles. The maximum absolute atomic E-state index is 5.58. The molecule has 0 unspecified atom stereocenters. The third kappa shape index (κ3) is 6.68. The zero-order chi connectivity index (χ0) is 14.8. The number of hydrogen-bond donors (Lipinski definition) is 1. The summed E-state index contributed by atoms with van der Waals surface area (Å²) in [5, 5.41) is 2.98. The number of rotatable bonds is 10. The highest BCUT2D eigenvalue weighted by Gasteiger charge is 2.05. The molecule has 1 heterocycles. The average molecular weight is 283 g/mol. The maximum Gasteiger partial charge on any atom is 0.218 e. The van der Waals surface area contributed by atoms with Crippen LogP contribution in [0.5, 0.6) is 5.88 Å². The van der Waals surface area contributed by atoms with Crippen molar-refractivity contribution in [2.24, 2.45) is 5.92 Å². The minimum Gasteiger partial charge on any atom is -0.475 e. The molecule has 0 aliphatic rings. The molecule has 0 atom stereocenters. The summed E-state index contributed by atoms with van der Waals surface area (Å²) in [6, 6.07) is 1.76. The molecule has 0 radical (unpaired) electrons. The fourth-order valence-corrected chi connectivity index (χ4v) is 1.46. The van der Waals surface area contributed by atoms with Crippen molar-refractivity contribution in [1.29, 1.82) is 0 Å². The van der Waals surface area contributed by atoms with E-state index in [0.717, 1.165) is 6.61 Å². The molecule has 0 saturated heterocycles. The number of nitrogens with zero attached hydrogens (tertiary/aromatic N) is 2. The fourth-order valence-electron chi connectivity index (χ4n) is 1.46. The van der Waals surface area contributed by atoms with E-state index in [-0.39, 0.29) is 0 Å². The van der Waals surface area contributed by atoms with Crippen molar-refractivity contribution in [2.45, 2.75) is 27.4 Å². The zero-order valence-electron chi connectivity index (χ0n) is 12.8. The van der Waals surface area contributed by atoms with E-state index < -0.39 is 0 Å². The summed E-state index contributed by atoms with van der Waals surface area (Å²) in [5.74, 6) is 2.39. The van der Waals surface area contributed by atoms with E-state index in [1.165, 1.54) is 0 Å². The van der Waals surface area contributed by atoms with Gasteiger partial charge in [0, 0.05) is 26.3 Å². The van der Waals surface area contributed by atoms with Gasteiger partial charge in [-0.3, -0.25) is 0 Å². The van der Waals surface area contributed by atoms with Crippen LogP contribution in [0.15, 0.2) is 6.07 Å². The first kappa shape index (κ1) is 16.7. The highest BCUT2D eigenvalue weighted by Crippen LogP contribution is 2.13. The Kier molecular flexibility index (Phi) is 7.91. The van der Waals surface area contributed by atoms with Crippen LogP contribution in [0.25, 0.3) is 0 Å². The summed E-state index contributed by atoms with van der Waals surface area (Å²) in [6.07, 6.45) is 0. The molecule has 0 aromatic carbocycles. The van der Waals surface area contributed by atoms with E-state index >= 15 is 0 Å². The Hall–Kier alpha value is -1.40. The Morgan fingerprint density at radius 1 is 1.20 bits per heavy atom. The largest absolute Gasteiger partial charge is 0.475 e. The first-order valence-corrected chi connectivity index (χ1v) is 6.99. The van der Waals surface area contributed by atoms with Crippen LogP contribution < -0.4 is 10.1 Å². The van der Waals surface area contributed by atoms with Crippen LogP contribution in [-0.4, -0.2) is 43.4 Å². The zero-order valence-corrected chi connectivity index (χ0v) is 12.8. The summed E-state index contributed by atoms with van der Waals surface area (Å²) in [7, 11) is 1.81. The van der Waals surface area contributed by atoms with Gasteiger partial charge in [0.15, 0.2) is 5.82 Å². The lowest BCUT2D eigenvalue weighted by molar-refractivity contribution is 0.0801. The normalized spacial score (nSPS) is 10.8. The predicted octanol–water partition coefficient (Wildman–Crippen LogP) is 2.11. The second kappa shape index (κ2) is 9.50. The number of ether oxygens (including phenoxy) is 3. The standard InChI is InChI=1S/C14H25N3O3/c1-5-18-10-13-16-12(15-4)8-14(17-13)20-7-6-19-9-11(2)3/h8,11H,5-7,9-10H2,1-4H3,(H,15,16,17). The van der Waals surface area contributed by atoms with E-state index in [4.69, 9.17) is 14.2 Å². The molecule has 6 nitrogen and oxygen atoms in total. The molecule has 0 bridgehead atoms. The first-order chi connectivity index (χ1) is 9.65. The van der Waals surface area contributed by atoms with Crippen LogP contribution in [0.3, 0.4) is 0 Å². The highest BCUT2D eigenvalue weighted by molar-refractivity contribution is 5.37. The van der Waals surface area contributed by atoms with E-state index in [1.807, 2.05) is 14.0 Å². The van der Waals surface area contributed by atoms with Crippen LogP contribution in [0.4, 0.5) is 5.82 Å². The van der Waals surface area contributed by atoms with Crippen molar-refractivity contribution in [1.82, 2.24) is 9.97 Å². The second-order valence-corrected chi connectivity index (χ2v) is 4.71. The molecule has 0 saturated carbocycles. The van der Waals surface area contributed by atoms with Crippen LogP contribution >= 0.6 is 0 Å². The van der Waals surface area contributed by atoms with Gasteiger partial charge < -0.3 is 19.5 Å². The molecular formula is C14H25N3O3. The van der Waals surface area contributed by atoms with Gasteiger partial charge >= 0.3 is 0 Å². The number of aromatic nitrogens is 2. The molecule has 1 N–H and O–H groups in total. The van der Waals surface area contributed by atoms with E-state index in [0.29, 0.717) is 49.9 Å². The number of hydrogen-bond acceptors (Lipinski definition) is 6. The van der Waals surface area contributed by atoms with E-state index in [2.05, 4.69) is 29.1 Å². The maximum atomic E-state index is 5.58. The summed E-state index contributed by atoms with van der Waals surface area (Å²) in [6.45, 7) is 8.95. The third-order valence-electron chi connectivity index (χ3n) is 2.37. The minimum absolute atomic E-state index is 0.381. The molecule has 1 rings (SSSR count). The van der Waals surface area contributed by atoms with Crippen molar-refractivity contribution in [3.8, 4) is 5.88 Å². The lowest BCUT2D eigenvalue weighted by Gasteiger charge is -2.10. The third-order valence-corrected chi connectivity index (χ3v) is 2.37. The van der Waals surface area contributed by atoms with Crippen molar-refractivity contribution in [3.63, 3.8) is 0 Å². The predicted molar refractivity (Wildman–Crippen MR) is 78.1 cm³/mol. The lowest BCUT2D eigenvalue weighted by atomic mass is 10.2. The van der Waals surface area contributed by atoms with E-state index in [1.54, 1.807) is 6.07 Å². The SMILES string of the molecule is CCOCc1nc(NC)cc(OCCOCC(C)C)n1. The van der Waals surface area contributed by atoms with E-state index in [9.17, 15) is 0 Å². The summed E-state index contributed by atoms with van der Waals surface area (Å²) < 4.78 is 16.3. The molecule has 6 heteroatoms. The van der Waals surface area contributed by atoms with Crippen LogP contribution in [0, 0.1) is 5.92 Å². The molecule has 114 valence electrons. The molecule has 0 amide bonds. The van der Waals surface area contributed by atoms with Crippen molar-refractivity contribution in [2.75, 3.05) is 38.8 Å². The van der Waals surface area contributed by atoms with Crippen molar-refractivity contribution < 1.29 is 14.2 Å². The van der Waals surface area contributed by atoms with Gasteiger partial charge in [0.2, 0.25) is 5.88 Å². The van der Waals surface area contributed by atoms with Crippen LogP contribution in [0.2, 0.25) is 0 Å². The fraction of sp³-hybridized carbons (Fsp3) is 0.714. The average Bonchev–Trinajstić information content (AvgIpc) is 2.44. The van der Waals surface area contributed by atoms with Gasteiger partial charge in [0.25, 0.3) is 0 Å². The molecule has 20 heavy (non-hydrogen) atoms. The van der Waals surface area contributed by atoms with Gasteiger partial charge in [-0.2, -0.15) is 4.98 Å². The van der Waals surface area contributed by atoms with Crippen molar-refractivity contribution in [3.05, 3.63) is 11.9 Å². The minimum atomic E-state index is 0.381. The molecule has 0 aliphatic heterocycles. The van der Waals surface area contributed by atoms with Crippen molar-refractivity contribution >= 4 is 5.82 Å². The molecule has 0 spiro atoms. The van der Waals surface area contributed by atoms with Gasteiger partial charge in [-0.15, -0.1) is 0 Å². The smallest absolute Gasteiger partial charge is 0.218 e. The second-order valence-electron chi connectivity index (χ2n) is 4.71. The topological polar surface area (TPSA) is 65.5 Å². The Labute approximate surface area is 120 Å². The summed E-state index contributed by atoms with van der Waals surface area (Å²) in [4.78, 5) is 8.60.